The highest BCUT2D eigenvalue weighted by atomic mass is 28.3. The highest BCUT2D eigenvalue weighted by molar-refractivity contribution is 6.83. The normalized spacial score (nSPS) is 12.3. The summed E-state index contributed by atoms with van der Waals surface area (Å²) < 4.78 is 0. The Labute approximate surface area is 82.2 Å². The standard InChI is InChI=1S/C11H18OSi/c1-10(2)11(6-8-12)7-9-13(3,4)5/h6,8,10H,1-5H3/b11-6-. The molecule has 0 N–H and O–H groups in total. The van der Waals surface area contributed by atoms with E-state index >= 15 is 0 Å². The van der Waals surface area contributed by atoms with Gasteiger partial charge in [-0.2, -0.15) is 0 Å². The molecule has 72 valence electrons. The topological polar surface area (TPSA) is 17.1 Å². The predicted octanol–water partition coefficient (Wildman–Crippen LogP) is 2.65. The Balaban J connectivity index is 4.69. The van der Waals surface area contributed by atoms with Crippen molar-refractivity contribution in [2.45, 2.75) is 33.5 Å². The molecule has 13 heavy (non-hydrogen) atoms. The van der Waals surface area contributed by atoms with E-state index in [0.717, 1.165) is 11.9 Å². The number of carbonyl (C=O) groups is 1. The minimum Gasteiger partial charge on any atom is -0.299 e. The lowest BCUT2D eigenvalue weighted by Gasteiger charge is -2.06. The smallest absolute Gasteiger partial charge is 0.143 e. The van der Waals surface area contributed by atoms with Gasteiger partial charge in [0.25, 0.3) is 0 Å². The van der Waals surface area contributed by atoms with Crippen LogP contribution in [0.3, 0.4) is 0 Å². The van der Waals surface area contributed by atoms with Gasteiger partial charge in [0.2, 0.25) is 0 Å². The Morgan fingerprint density at radius 2 is 1.85 bits per heavy atom. The van der Waals surface area contributed by atoms with Crippen LogP contribution in [0.15, 0.2) is 11.6 Å². The summed E-state index contributed by atoms with van der Waals surface area (Å²) >= 11 is 0. The van der Waals surface area contributed by atoms with Crippen molar-refractivity contribution < 1.29 is 4.79 Å². The molecule has 0 saturated carbocycles. The zero-order valence-corrected chi connectivity index (χ0v) is 10.1. The number of rotatable bonds is 2. The van der Waals surface area contributed by atoms with E-state index in [2.05, 4.69) is 31.1 Å². The van der Waals surface area contributed by atoms with Gasteiger partial charge in [-0.3, -0.25) is 4.79 Å². The molecule has 0 spiro atoms. The van der Waals surface area contributed by atoms with Crippen LogP contribution in [-0.4, -0.2) is 14.4 Å². The molecule has 0 rings (SSSR count). The number of hydrogen-bond donors (Lipinski definition) is 0. The lowest BCUT2D eigenvalue weighted by atomic mass is 10.0. The maximum atomic E-state index is 10.3. The number of carbonyl (C=O) groups excluding carboxylic acids is 1. The molecule has 0 heterocycles. The zero-order valence-electron chi connectivity index (χ0n) is 9.14. The van der Waals surface area contributed by atoms with E-state index < -0.39 is 8.07 Å². The Morgan fingerprint density at radius 3 is 2.15 bits per heavy atom. The molecule has 0 radical (unpaired) electrons. The molecule has 0 aliphatic heterocycles. The van der Waals surface area contributed by atoms with Crippen molar-refractivity contribution in [3.05, 3.63) is 11.6 Å². The van der Waals surface area contributed by atoms with Crippen molar-refractivity contribution in [1.82, 2.24) is 0 Å². The van der Waals surface area contributed by atoms with Gasteiger partial charge in [-0.15, -0.1) is 5.54 Å². The molecule has 0 aromatic heterocycles. The van der Waals surface area contributed by atoms with Gasteiger partial charge >= 0.3 is 0 Å². The molecule has 0 aromatic carbocycles. The molecule has 0 atom stereocenters. The van der Waals surface area contributed by atoms with Crippen LogP contribution < -0.4 is 0 Å². The molecule has 0 saturated heterocycles. The summed E-state index contributed by atoms with van der Waals surface area (Å²) in [6.45, 7) is 10.7. The first-order chi connectivity index (χ1) is 5.87. The van der Waals surface area contributed by atoms with Crippen LogP contribution in [0.25, 0.3) is 0 Å². The van der Waals surface area contributed by atoms with Crippen LogP contribution >= 0.6 is 0 Å². The summed E-state index contributed by atoms with van der Waals surface area (Å²) in [6, 6.07) is 0. The molecule has 0 aromatic rings. The van der Waals surface area contributed by atoms with Gasteiger partial charge in [0.15, 0.2) is 0 Å². The van der Waals surface area contributed by atoms with Crippen molar-refractivity contribution in [2.24, 2.45) is 5.92 Å². The van der Waals surface area contributed by atoms with E-state index in [1.807, 2.05) is 13.8 Å². The van der Waals surface area contributed by atoms with E-state index in [1.165, 1.54) is 0 Å². The molecule has 0 aliphatic rings. The van der Waals surface area contributed by atoms with E-state index in [9.17, 15) is 4.79 Å². The Kier molecular flexibility index (Phi) is 4.72. The van der Waals surface area contributed by atoms with Gasteiger partial charge in [0.1, 0.15) is 14.4 Å². The van der Waals surface area contributed by atoms with Gasteiger partial charge in [0.05, 0.1) is 0 Å². The molecule has 1 nitrogen and oxygen atoms in total. The number of hydrogen-bond acceptors (Lipinski definition) is 1. The van der Waals surface area contributed by atoms with Crippen molar-refractivity contribution in [3.8, 4) is 11.5 Å². The minimum absolute atomic E-state index is 0.342. The maximum Gasteiger partial charge on any atom is 0.143 e. The van der Waals surface area contributed by atoms with Crippen LogP contribution in [0, 0.1) is 17.4 Å². The molecule has 2 heteroatoms. The molecule has 0 bridgehead atoms. The highest BCUT2D eigenvalue weighted by Crippen LogP contribution is 2.08. The molecular formula is C11H18OSi. The summed E-state index contributed by atoms with van der Waals surface area (Å²) in [4.78, 5) is 10.3. The minimum atomic E-state index is -1.31. The maximum absolute atomic E-state index is 10.3. The first-order valence-electron chi connectivity index (χ1n) is 4.55. The fourth-order valence-electron chi connectivity index (χ4n) is 0.711. The van der Waals surface area contributed by atoms with Crippen LogP contribution in [0.5, 0.6) is 0 Å². The third-order valence-corrected chi connectivity index (χ3v) is 2.33. The SMILES string of the molecule is CC(C)/C(C#C[Si](C)(C)C)=C\C=O. The Bertz CT molecular complexity index is 258. The van der Waals surface area contributed by atoms with Crippen LogP contribution in [-0.2, 0) is 4.79 Å². The van der Waals surface area contributed by atoms with Gasteiger partial charge in [-0.1, -0.05) is 39.4 Å². The molecule has 0 aliphatic carbocycles. The van der Waals surface area contributed by atoms with E-state index in [1.54, 1.807) is 6.08 Å². The summed E-state index contributed by atoms with van der Waals surface area (Å²) in [5, 5.41) is 0. The molecule has 0 amide bonds. The van der Waals surface area contributed by atoms with Crippen LogP contribution in [0.1, 0.15) is 13.8 Å². The fourth-order valence-corrected chi connectivity index (χ4v) is 1.23. The van der Waals surface area contributed by atoms with Crippen molar-refractivity contribution in [1.29, 1.82) is 0 Å². The second-order valence-corrected chi connectivity index (χ2v) is 9.16. The number of aldehydes is 1. The highest BCUT2D eigenvalue weighted by Gasteiger charge is 2.08. The van der Waals surface area contributed by atoms with Gasteiger partial charge in [-0.25, -0.2) is 0 Å². The Hall–Kier alpha value is -0.813. The molecule has 0 fully saturated rings. The quantitative estimate of drug-likeness (QED) is 0.286. The first-order valence-corrected chi connectivity index (χ1v) is 8.05. The van der Waals surface area contributed by atoms with Crippen molar-refractivity contribution in [2.75, 3.05) is 0 Å². The predicted molar refractivity (Wildman–Crippen MR) is 60.1 cm³/mol. The number of allylic oxidation sites excluding steroid dienone is 2. The van der Waals surface area contributed by atoms with Crippen molar-refractivity contribution in [3.63, 3.8) is 0 Å². The molecular weight excluding hydrogens is 176 g/mol. The fraction of sp³-hybridized carbons (Fsp3) is 0.545. The van der Waals surface area contributed by atoms with E-state index in [-0.39, 0.29) is 0 Å². The summed E-state index contributed by atoms with van der Waals surface area (Å²) in [5.41, 5.74) is 4.19. The van der Waals surface area contributed by atoms with Crippen molar-refractivity contribution >= 4 is 14.4 Å². The zero-order chi connectivity index (χ0) is 10.5. The lowest BCUT2D eigenvalue weighted by Crippen LogP contribution is -2.16. The van der Waals surface area contributed by atoms with E-state index in [4.69, 9.17) is 0 Å². The van der Waals surface area contributed by atoms with Crippen LogP contribution in [0.2, 0.25) is 19.6 Å². The monoisotopic (exact) mass is 194 g/mol. The van der Waals surface area contributed by atoms with E-state index in [0.29, 0.717) is 5.92 Å². The third-order valence-electron chi connectivity index (χ3n) is 1.45. The van der Waals surface area contributed by atoms with Gasteiger partial charge in [0, 0.05) is 5.57 Å². The first kappa shape index (κ1) is 12.2. The van der Waals surface area contributed by atoms with Gasteiger partial charge in [-0.05, 0) is 12.0 Å². The third kappa shape index (κ3) is 6.36. The summed E-state index contributed by atoms with van der Waals surface area (Å²) in [7, 11) is -1.31. The average molecular weight is 194 g/mol. The molecule has 0 unspecified atom stereocenters. The lowest BCUT2D eigenvalue weighted by molar-refractivity contribution is -0.104. The Morgan fingerprint density at radius 1 is 1.31 bits per heavy atom. The van der Waals surface area contributed by atoms with Crippen LogP contribution in [0.4, 0.5) is 0 Å². The summed E-state index contributed by atoms with van der Waals surface area (Å²) in [6.07, 6.45) is 2.38. The largest absolute Gasteiger partial charge is 0.299 e. The summed E-state index contributed by atoms with van der Waals surface area (Å²) in [5.74, 6) is 3.44. The van der Waals surface area contributed by atoms with Gasteiger partial charge < -0.3 is 0 Å². The second-order valence-electron chi connectivity index (χ2n) is 4.41. The average Bonchev–Trinajstić information content (AvgIpc) is 1.95. The second kappa shape index (κ2) is 5.03.